The molecule has 4 fully saturated rings. The molecule has 0 radical (unpaired) electrons. The fourth-order valence-corrected chi connectivity index (χ4v) is 12.6. The number of H-pyrrole nitrogens is 3. The second-order valence-corrected chi connectivity index (χ2v) is 23.3. The number of ether oxygens (including phenoxy) is 4. The first-order valence-electron chi connectivity index (χ1n) is 24.5. The molecule has 11 rings (SSSR count). The van der Waals surface area contributed by atoms with Crippen LogP contribution >= 0.6 is 23.5 Å². The number of aliphatic hydroxyl groups is 2. The van der Waals surface area contributed by atoms with Gasteiger partial charge in [-0.25, -0.2) is 43.4 Å². The number of hydrogen-bond acceptors (Lipinski definition) is 29. The summed E-state index contributed by atoms with van der Waals surface area (Å²) in [6, 6.07) is 0. The van der Waals surface area contributed by atoms with Crippen LogP contribution < -0.4 is 39.6 Å². The number of aromatic nitrogens is 14. The molecule has 0 amide bonds. The van der Waals surface area contributed by atoms with Gasteiger partial charge in [-0.05, 0) is 6.92 Å². The smallest absolute Gasteiger partial charge is 0.394 e. The molecule has 7 aromatic heterocycles. The van der Waals surface area contributed by atoms with Crippen LogP contribution in [0.5, 0.6) is 0 Å². The number of rotatable bonds is 20. The van der Waals surface area contributed by atoms with Crippen molar-refractivity contribution in [3.8, 4) is 0 Å². The van der Waals surface area contributed by atoms with Crippen molar-refractivity contribution in [2.24, 2.45) is 0 Å². The Bertz CT molecular complexity index is 3960. The highest BCUT2D eigenvalue weighted by molar-refractivity contribution is 7.48. The van der Waals surface area contributed by atoms with Gasteiger partial charge in [-0.15, -0.1) is 0 Å². The zero-order valence-corrected chi connectivity index (χ0v) is 44.8. The Kier molecular flexibility index (Phi) is 15.5. The summed E-state index contributed by atoms with van der Waals surface area (Å²) in [6.45, 7) is -1.93. The zero-order valence-electron chi connectivity index (χ0n) is 42.1. The molecule has 0 aromatic carbocycles. The lowest BCUT2D eigenvalue weighted by Gasteiger charge is -2.25. The highest BCUT2D eigenvalue weighted by Gasteiger charge is 2.48. The number of phosphoric ester groups is 3. The number of nitrogens with zero attached hydrogens (tertiary/aromatic N) is 11. The third kappa shape index (κ3) is 11.7. The van der Waals surface area contributed by atoms with Crippen LogP contribution in [0.1, 0.15) is 56.2 Å². The predicted octanol–water partition coefficient (Wildman–Crippen LogP) is -2.29. The first kappa shape index (κ1) is 57.2. The predicted molar refractivity (Wildman–Crippen MR) is 270 cm³/mol. The lowest BCUT2D eigenvalue weighted by atomic mass is 10.2. The van der Waals surface area contributed by atoms with E-state index < -0.39 is 152 Å². The molecule has 0 bridgehead atoms. The van der Waals surface area contributed by atoms with Gasteiger partial charge >= 0.3 is 29.2 Å². The molecule has 0 aliphatic carbocycles. The molecular weight excluding hydrogens is 1160 g/mol. The molecule has 42 heteroatoms. The zero-order chi connectivity index (χ0) is 58.2. The van der Waals surface area contributed by atoms with Gasteiger partial charge in [0.2, 0.25) is 11.9 Å². The van der Waals surface area contributed by atoms with Crippen molar-refractivity contribution in [2.45, 2.75) is 106 Å². The number of hydrogen-bond donors (Lipinski definition) is 11. The van der Waals surface area contributed by atoms with E-state index in [-0.39, 0.29) is 76.0 Å². The van der Waals surface area contributed by atoms with E-state index in [2.05, 4.69) is 49.8 Å². The fourth-order valence-electron chi connectivity index (χ4n) is 9.74. The van der Waals surface area contributed by atoms with Gasteiger partial charge in [0.15, 0.2) is 33.8 Å². The standard InChI is InChI=1S/C40H50N17O22P3/c1-15-6-54(40(63)53-35(15)60)25-4-18(22(75-25)9-71-81(66,67)77-17-3-27(73-20(17)7-58)57-14-48-30-34(57)50-39(43)52-37(30)62)78-82(68,69)72-10-23-19(5-26(76-23)55-12-46-28-31(41)44-11-45-32(28)55)79-80(64,65)70-8-21-16(59)2-24(74-21)56-13-47-29-33(56)49-38(42)51-36(29)61/h6,11-14,16-27,58-59H,2-5,7-10H2,1H3,(H,64,65)(H,66,67)(H,68,69)(H2,41,44,45)(H,53,60,63)(H3,42,49,51,61)(H3,43,50,52,62)/t16-,17-,18-,19-,20+,21+,22+,23+,24+,25+,26+,27+/m0/s1. The van der Waals surface area contributed by atoms with Gasteiger partial charge in [-0.2, -0.15) is 9.97 Å². The second-order valence-electron chi connectivity index (χ2n) is 19.0. The molecule has 7 aromatic rings. The number of anilines is 3. The summed E-state index contributed by atoms with van der Waals surface area (Å²) in [5.41, 5.74) is 14.7. The molecule has 82 heavy (non-hydrogen) atoms. The SMILES string of the molecule is Cc1cn([C@H]2C[C@H](OP(=O)(O)OC[C@H]3O[C@@H](n4cnc5c(N)ncnc54)C[C@@H]3OP(=O)(O)OC[C@H]3O[C@@H](n4cnc5c(=O)[nH]c(N)nc54)C[C@@H]3O)[C@@H](COP(=O)(O)O[C@H]3C[C@H](n4cnc5c(=O)[nH]c(N)nc54)O[C@@H]3CO)O2)c(=O)[nH]c1=O. The van der Waals surface area contributed by atoms with Crippen molar-refractivity contribution in [1.29, 1.82) is 0 Å². The largest absolute Gasteiger partial charge is 0.472 e. The minimum Gasteiger partial charge on any atom is -0.394 e. The summed E-state index contributed by atoms with van der Waals surface area (Å²) in [4.78, 5) is 119. The summed E-state index contributed by atoms with van der Waals surface area (Å²) < 4.78 is 103. The summed E-state index contributed by atoms with van der Waals surface area (Å²) in [7, 11) is -15.8. The Morgan fingerprint density at radius 1 is 0.573 bits per heavy atom. The van der Waals surface area contributed by atoms with Gasteiger partial charge in [0.1, 0.15) is 79.5 Å². The number of fused-ring (bicyclic) bond motifs is 3. The van der Waals surface area contributed by atoms with E-state index in [0.717, 1.165) is 17.1 Å². The fraction of sp³-hybridized carbons (Fsp3) is 0.525. The van der Waals surface area contributed by atoms with E-state index >= 15 is 0 Å². The van der Waals surface area contributed by atoms with Gasteiger partial charge in [0, 0.05) is 37.4 Å². The van der Waals surface area contributed by atoms with Crippen LogP contribution in [0.4, 0.5) is 17.7 Å². The van der Waals surface area contributed by atoms with Crippen molar-refractivity contribution in [1.82, 2.24) is 68.1 Å². The molecular formula is C40H50N17O22P3. The number of imidazole rings is 3. The molecule has 15 atom stereocenters. The Morgan fingerprint density at radius 3 is 1.51 bits per heavy atom. The van der Waals surface area contributed by atoms with Crippen LogP contribution in [0.3, 0.4) is 0 Å². The monoisotopic (exact) mass is 1210 g/mol. The van der Waals surface area contributed by atoms with Crippen molar-refractivity contribution in [3.63, 3.8) is 0 Å². The quantitative estimate of drug-likeness (QED) is 0.0358. The average Bonchev–Trinajstić information content (AvgIpc) is 4.30. The minimum absolute atomic E-state index is 0.00331. The molecule has 4 aliphatic rings. The maximum absolute atomic E-state index is 14.0. The lowest BCUT2D eigenvalue weighted by molar-refractivity contribution is -0.0628. The Labute approximate surface area is 455 Å². The first-order chi connectivity index (χ1) is 38.9. The van der Waals surface area contributed by atoms with E-state index in [1.165, 1.54) is 39.6 Å². The van der Waals surface area contributed by atoms with Crippen LogP contribution in [0.2, 0.25) is 0 Å². The summed E-state index contributed by atoms with van der Waals surface area (Å²) >= 11 is 0. The van der Waals surface area contributed by atoms with Crippen LogP contribution in [0.15, 0.2) is 50.7 Å². The first-order valence-corrected chi connectivity index (χ1v) is 29.0. The van der Waals surface area contributed by atoms with Gasteiger partial charge in [0.05, 0.1) is 51.5 Å². The van der Waals surface area contributed by atoms with Gasteiger partial charge in [-0.3, -0.25) is 74.7 Å². The third-order valence-corrected chi connectivity index (χ3v) is 16.7. The van der Waals surface area contributed by atoms with E-state index in [4.69, 9.17) is 63.3 Å². The molecule has 4 saturated heterocycles. The number of nitrogens with two attached hydrogens (primary N) is 3. The second kappa shape index (κ2) is 22.2. The molecule has 39 nitrogen and oxygen atoms in total. The maximum atomic E-state index is 14.0. The van der Waals surface area contributed by atoms with Crippen LogP contribution in [-0.4, -0.2) is 168 Å². The Hall–Kier alpha value is -6.58. The van der Waals surface area contributed by atoms with Crippen molar-refractivity contribution < 1.29 is 84.7 Å². The highest BCUT2D eigenvalue weighted by atomic mass is 31.2. The molecule has 442 valence electrons. The minimum atomic E-state index is -5.39. The molecule has 0 saturated carbocycles. The van der Waals surface area contributed by atoms with Crippen LogP contribution in [0.25, 0.3) is 33.5 Å². The number of phosphoric acid groups is 3. The number of aliphatic hydroxyl groups excluding tert-OH is 2. The lowest BCUT2D eigenvalue weighted by Crippen LogP contribution is -2.33. The van der Waals surface area contributed by atoms with E-state index in [9.17, 15) is 57.8 Å². The maximum Gasteiger partial charge on any atom is 0.472 e. The van der Waals surface area contributed by atoms with E-state index in [1.54, 1.807) is 0 Å². The van der Waals surface area contributed by atoms with Gasteiger partial charge in [0.25, 0.3) is 16.7 Å². The van der Waals surface area contributed by atoms with Crippen LogP contribution in [-0.2, 0) is 59.8 Å². The summed E-state index contributed by atoms with van der Waals surface area (Å²) in [5.74, 6) is -0.441. The Balaban J connectivity index is 0.777. The number of nitrogen functional groups attached to an aromatic ring is 3. The summed E-state index contributed by atoms with van der Waals surface area (Å²) in [6.07, 6.45) is -11.0. The third-order valence-electron chi connectivity index (χ3n) is 13.6. The van der Waals surface area contributed by atoms with E-state index in [0.29, 0.717) is 0 Å². The van der Waals surface area contributed by atoms with Gasteiger partial charge < -0.3 is 61.0 Å². The number of aromatic amines is 3. The molecule has 11 heterocycles. The molecule has 3 unspecified atom stereocenters. The van der Waals surface area contributed by atoms with Crippen LogP contribution in [0, 0.1) is 6.92 Å². The normalized spacial score (nSPS) is 29.0. The number of nitrogens with one attached hydrogen (secondary N) is 3. The molecule has 0 spiro atoms. The van der Waals surface area contributed by atoms with Crippen molar-refractivity contribution >= 4 is 74.7 Å². The van der Waals surface area contributed by atoms with Crippen molar-refractivity contribution in [3.05, 3.63) is 78.6 Å². The van der Waals surface area contributed by atoms with E-state index in [1.807, 2.05) is 0 Å². The molecule has 4 aliphatic heterocycles. The number of aryl methyl sites for hydroxylation is 1. The Morgan fingerprint density at radius 2 is 1.00 bits per heavy atom. The average molecular weight is 1210 g/mol. The molecule has 14 N–H and O–H groups in total. The highest BCUT2D eigenvalue weighted by Crippen LogP contribution is 2.54. The topological polar surface area (TPSA) is 548 Å². The van der Waals surface area contributed by atoms with Gasteiger partial charge in [-0.1, -0.05) is 0 Å². The van der Waals surface area contributed by atoms with Crippen molar-refractivity contribution in [2.75, 3.05) is 43.6 Å². The summed E-state index contributed by atoms with van der Waals surface area (Å²) in [5, 5.41) is 21.0.